The quantitative estimate of drug-likeness (QED) is 0.242. The standard InChI is InChI=1S/C21H34N4O.HI/c1-3-5-8-14-23-21(22-4-2)24-15-9-12-20(26)25-16-13-18-10-6-7-11-19(18)17-25;/h6-7,10-11H,3-5,8-9,12-17H2,1-2H3,(H2,22,23,24);1H. The molecule has 0 radical (unpaired) electrons. The van der Waals surface area contributed by atoms with E-state index in [0.717, 1.165) is 51.4 Å². The molecule has 1 aliphatic heterocycles. The van der Waals surface area contributed by atoms with Crippen LogP contribution in [0.3, 0.4) is 0 Å². The molecule has 0 spiro atoms. The molecule has 0 aliphatic carbocycles. The maximum absolute atomic E-state index is 12.5. The summed E-state index contributed by atoms with van der Waals surface area (Å²) in [6, 6.07) is 8.43. The Balaban J connectivity index is 0.00000364. The van der Waals surface area contributed by atoms with Crippen molar-refractivity contribution in [2.45, 2.75) is 58.9 Å². The van der Waals surface area contributed by atoms with Crippen molar-refractivity contribution in [3.63, 3.8) is 0 Å². The number of carbonyl (C=O) groups excluding carboxylic acids is 1. The zero-order valence-electron chi connectivity index (χ0n) is 16.8. The summed E-state index contributed by atoms with van der Waals surface area (Å²) >= 11 is 0. The molecule has 0 saturated carbocycles. The number of nitrogens with one attached hydrogen (secondary N) is 2. The number of rotatable bonds is 9. The molecule has 5 nitrogen and oxygen atoms in total. The molecule has 6 heteroatoms. The molecule has 0 atom stereocenters. The minimum atomic E-state index is 0. The van der Waals surface area contributed by atoms with Crippen LogP contribution in [0.4, 0.5) is 0 Å². The Bertz CT molecular complexity index is 591. The van der Waals surface area contributed by atoms with Gasteiger partial charge in [-0.05, 0) is 37.3 Å². The Morgan fingerprint density at radius 1 is 1.11 bits per heavy atom. The van der Waals surface area contributed by atoms with Gasteiger partial charge in [0.1, 0.15) is 0 Å². The molecular weight excluding hydrogens is 451 g/mol. The van der Waals surface area contributed by atoms with Gasteiger partial charge in [-0.3, -0.25) is 9.79 Å². The summed E-state index contributed by atoms with van der Waals surface area (Å²) < 4.78 is 0. The Morgan fingerprint density at radius 2 is 1.89 bits per heavy atom. The number of unbranched alkanes of at least 4 members (excludes halogenated alkanes) is 2. The molecule has 1 amide bonds. The van der Waals surface area contributed by atoms with Crippen LogP contribution in [0.5, 0.6) is 0 Å². The van der Waals surface area contributed by atoms with Gasteiger partial charge in [0.15, 0.2) is 5.96 Å². The SMILES string of the molecule is CCCCCNC(=NCCCC(=O)N1CCc2ccccc2C1)NCC.I. The minimum Gasteiger partial charge on any atom is -0.357 e. The topological polar surface area (TPSA) is 56.7 Å². The van der Waals surface area contributed by atoms with Crippen molar-refractivity contribution in [2.75, 3.05) is 26.2 Å². The molecule has 1 heterocycles. The number of halogens is 1. The molecule has 2 N–H and O–H groups in total. The van der Waals surface area contributed by atoms with E-state index in [9.17, 15) is 4.79 Å². The summed E-state index contributed by atoms with van der Waals surface area (Å²) in [4.78, 5) is 19.0. The van der Waals surface area contributed by atoms with Crippen LogP contribution in [0.2, 0.25) is 0 Å². The third-order valence-corrected chi connectivity index (χ3v) is 4.72. The average molecular weight is 486 g/mol. The zero-order chi connectivity index (χ0) is 18.6. The maximum atomic E-state index is 12.5. The van der Waals surface area contributed by atoms with Gasteiger partial charge in [-0.1, -0.05) is 44.0 Å². The largest absolute Gasteiger partial charge is 0.357 e. The van der Waals surface area contributed by atoms with Crippen LogP contribution < -0.4 is 10.6 Å². The highest BCUT2D eigenvalue weighted by Crippen LogP contribution is 2.19. The number of benzene rings is 1. The van der Waals surface area contributed by atoms with Crippen LogP contribution in [0.25, 0.3) is 0 Å². The van der Waals surface area contributed by atoms with Crippen LogP contribution in [0.15, 0.2) is 29.3 Å². The highest BCUT2D eigenvalue weighted by atomic mass is 127. The molecule has 27 heavy (non-hydrogen) atoms. The van der Waals surface area contributed by atoms with E-state index in [1.54, 1.807) is 0 Å². The summed E-state index contributed by atoms with van der Waals surface area (Å²) in [6.07, 6.45) is 5.95. The van der Waals surface area contributed by atoms with Crippen LogP contribution >= 0.6 is 24.0 Å². The molecular formula is C21H35IN4O. The van der Waals surface area contributed by atoms with Crippen molar-refractivity contribution >= 4 is 35.8 Å². The first-order chi connectivity index (χ1) is 12.7. The van der Waals surface area contributed by atoms with Crippen LogP contribution in [-0.4, -0.2) is 42.9 Å². The van der Waals surface area contributed by atoms with Crippen LogP contribution in [-0.2, 0) is 17.8 Å². The molecule has 1 aliphatic rings. The van der Waals surface area contributed by atoms with Crippen molar-refractivity contribution in [1.82, 2.24) is 15.5 Å². The Kier molecular flexibility index (Phi) is 12.1. The van der Waals surface area contributed by atoms with Crippen molar-refractivity contribution in [1.29, 1.82) is 0 Å². The second-order valence-corrected chi connectivity index (χ2v) is 6.83. The average Bonchev–Trinajstić information content (AvgIpc) is 2.67. The number of aliphatic imine (C=N–C) groups is 1. The first-order valence-electron chi connectivity index (χ1n) is 10.1. The van der Waals surface area contributed by atoms with Gasteiger partial charge < -0.3 is 15.5 Å². The third-order valence-electron chi connectivity index (χ3n) is 4.72. The Morgan fingerprint density at radius 3 is 2.63 bits per heavy atom. The van der Waals surface area contributed by atoms with E-state index in [4.69, 9.17) is 0 Å². The first kappa shape index (κ1) is 23.7. The van der Waals surface area contributed by atoms with Gasteiger partial charge in [0.2, 0.25) is 5.91 Å². The molecule has 1 aromatic rings. The fraction of sp³-hybridized carbons (Fsp3) is 0.619. The molecule has 0 saturated heterocycles. The van der Waals surface area contributed by atoms with Crippen molar-refractivity contribution in [3.8, 4) is 0 Å². The molecule has 2 rings (SSSR count). The number of hydrogen-bond acceptors (Lipinski definition) is 2. The van der Waals surface area contributed by atoms with Crippen LogP contribution in [0, 0.1) is 0 Å². The summed E-state index contributed by atoms with van der Waals surface area (Å²) in [5.41, 5.74) is 2.67. The van der Waals surface area contributed by atoms with Gasteiger partial charge in [0.25, 0.3) is 0 Å². The number of carbonyl (C=O) groups is 1. The third kappa shape index (κ3) is 8.49. The predicted octanol–water partition coefficient (Wildman–Crippen LogP) is 3.71. The molecule has 0 bridgehead atoms. The van der Waals surface area contributed by atoms with Gasteiger partial charge >= 0.3 is 0 Å². The normalized spacial score (nSPS) is 13.6. The van der Waals surface area contributed by atoms with E-state index < -0.39 is 0 Å². The zero-order valence-corrected chi connectivity index (χ0v) is 19.1. The van der Waals surface area contributed by atoms with E-state index in [2.05, 4.69) is 53.7 Å². The monoisotopic (exact) mass is 486 g/mol. The highest BCUT2D eigenvalue weighted by Gasteiger charge is 2.19. The van der Waals surface area contributed by atoms with E-state index in [-0.39, 0.29) is 29.9 Å². The number of hydrogen-bond donors (Lipinski definition) is 2. The van der Waals surface area contributed by atoms with Gasteiger partial charge in [0, 0.05) is 39.1 Å². The Labute approximate surface area is 181 Å². The molecule has 0 unspecified atom stereocenters. The van der Waals surface area contributed by atoms with Gasteiger partial charge in [-0.25, -0.2) is 0 Å². The summed E-state index contributed by atoms with van der Waals surface area (Å²) in [6.45, 7) is 8.34. The predicted molar refractivity (Wildman–Crippen MR) is 124 cm³/mol. The molecule has 0 fully saturated rings. The maximum Gasteiger partial charge on any atom is 0.222 e. The number of amides is 1. The second kappa shape index (κ2) is 13.8. The fourth-order valence-electron chi connectivity index (χ4n) is 3.21. The molecule has 152 valence electrons. The lowest BCUT2D eigenvalue weighted by Gasteiger charge is -2.28. The van der Waals surface area contributed by atoms with E-state index in [1.807, 2.05) is 4.90 Å². The van der Waals surface area contributed by atoms with Crippen LogP contribution in [0.1, 0.15) is 57.1 Å². The van der Waals surface area contributed by atoms with E-state index in [1.165, 1.54) is 24.0 Å². The van der Waals surface area contributed by atoms with Gasteiger partial charge in [-0.15, -0.1) is 24.0 Å². The smallest absolute Gasteiger partial charge is 0.222 e. The van der Waals surface area contributed by atoms with E-state index in [0.29, 0.717) is 13.0 Å². The van der Waals surface area contributed by atoms with Gasteiger partial charge in [0.05, 0.1) is 0 Å². The van der Waals surface area contributed by atoms with Crippen molar-refractivity contribution < 1.29 is 4.79 Å². The summed E-state index contributed by atoms with van der Waals surface area (Å²) in [5, 5.41) is 6.63. The lowest BCUT2D eigenvalue weighted by atomic mass is 9.99. The van der Waals surface area contributed by atoms with E-state index >= 15 is 0 Å². The lowest BCUT2D eigenvalue weighted by molar-refractivity contribution is -0.132. The summed E-state index contributed by atoms with van der Waals surface area (Å²) in [7, 11) is 0. The molecule has 0 aromatic heterocycles. The second-order valence-electron chi connectivity index (χ2n) is 6.83. The Hall–Kier alpha value is -1.31. The van der Waals surface area contributed by atoms with Gasteiger partial charge in [-0.2, -0.15) is 0 Å². The summed E-state index contributed by atoms with van der Waals surface area (Å²) in [5.74, 6) is 1.11. The number of fused-ring (bicyclic) bond motifs is 1. The number of guanidine groups is 1. The minimum absolute atomic E-state index is 0. The highest BCUT2D eigenvalue weighted by molar-refractivity contribution is 14.0. The molecule has 1 aromatic carbocycles. The van der Waals surface area contributed by atoms with Crippen molar-refractivity contribution in [2.24, 2.45) is 4.99 Å². The number of nitrogens with zero attached hydrogens (tertiary/aromatic N) is 2. The fourth-order valence-corrected chi connectivity index (χ4v) is 3.21. The lowest BCUT2D eigenvalue weighted by Crippen LogP contribution is -2.38. The first-order valence-corrected chi connectivity index (χ1v) is 10.1. The van der Waals surface area contributed by atoms with Crippen molar-refractivity contribution in [3.05, 3.63) is 35.4 Å².